The molecule has 2 saturated heterocycles. The molecule has 0 saturated carbocycles. The van der Waals surface area contributed by atoms with Gasteiger partial charge in [-0.3, -0.25) is 4.79 Å². The monoisotopic (exact) mass is 325 g/mol. The highest BCUT2D eigenvalue weighted by Crippen LogP contribution is 2.23. The summed E-state index contributed by atoms with van der Waals surface area (Å²) in [7, 11) is 0. The third-order valence-corrected chi connectivity index (χ3v) is 4.68. The lowest BCUT2D eigenvalue weighted by Gasteiger charge is -2.38. The number of ether oxygens (including phenoxy) is 1. The summed E-state index contributed by atoms with van der Waals surface area (Å²) >= 11 is 0. The number of carbonyl (C=O) groups excluding carboxylic acids is 2. The summed E-state index contributed by atoms with van der Waals surface area (Å²) in [6, 6.07) is 0. The van der Waals surface area contributed by atoms with Gasteiger partial charge in [0, 0.05) is 25.6 Å². The number of nitrogens with zero attached hydrogens (tertiary/aromatic N) is 2. The van der Waals surface area contributed by atoms with Gasteiger partial charge in [-0.05, 0) is 65.5 Å². The number of piperidine rings is 2. The van der Waals surface area contributed by atoms with Gasteiger partial charge in [0.05, 0.1) is 0 Å². The zero-order valence-corrected chi connectivity index (χ0v) is 14.7. The highest BCUT2D eigenvalue weighted by Gasteiger charge is 2.30. The maximum absolute atomic E-state index is 12.2. The van der Waals surface area contributed by atoms with Gasteiger partial charge in [-0.2, -0.15) is 0 Å². The van der Waals surface area contributed by atoms with Gasteiger partial charge in [0.25, 0.3) is 0 Å². The van der Waals surface area contributed by atoms with Crippen molar-refractivity contribution in [2.24, 2.45) is 17.6 Å². The van der Waals surface area contributed by atoms with Crippen molar-refractivity contribution >= 4 is 12.0 Å². The van der Waals surface area contributed by atoms with Crippen LogP contribution in [-0.2, 0) is 9.53 Å². The van der Waals surface area contributed by atoms with Crippen molar-refractivity contribution in [3.8, 4) is 0 Å². The zero-order valence-electron chi connectivity index (χ0n) is 14.7. The molecule has 0 aromatic heterocycles. The van der Waals surface area contributed by atoms with E-state index in [0.717, 1.165) is 58.4 Å². The molecule has 23 heavy (non-hydrogen) atoms. The Morgan fingerprint density at radius 3 is 2.35 bits per heavy atom. The topological polar surface area (TPSA) is 75.9 Å². The van der Waals surface area contributed by atoms with Gasteiger partial charge >= 0.3 is 6.09 Å². The van der Waals surface area contributed by atoms with E-state index in [4.69, 9.17) is 10.5 Å². The second kappa shape index (κ2) is 7.51. The molecule has 0 spiro atoms. The maximum Gasteiger partial charge on any atom is 0.410 e. The van der Waals surface area contributed by atoms with E-state index < -0.39 is 5.60 Å². The molecule has 0 unspecified atom stereocenters. The van der Waals surface area contributed by atoms with Gasteiger partial charge in [-0.1, -0.05) is 0 Å². The summed E-state index contributed by atoms with van der Waals surface area (Å²) in [5.74, 6) is 0.357. The zero-order chi connectivity index (χ0) is 17.0. The normalized spacial score (nSPS) is 24.5. The predicted octanol–water partition coefficient (Wildman–Crippen LogP) is 1.83. The second-order valence-corrected chi connectivity index (χ2v) is 7.91. The Morgan fingerprint density at radius 2 is 1.78 bits per heavy atom. The van der Waals surface area contributed by atoms with E-state index in [9.17, 15) is 9.59 Å². The molecule has 6 nitrogen and oxygen atoms in total. The van der Waals surface area contributed by atoms with Crippen LogP contribution in [0, 0.1) is 11.8 Å². The van der Waals surface area contributed by atoms with Gasteiger partial charge in [0.1, 0.15) is 5.60 Å². The molecule has 2 heterocycles. The number of hydrogen-bond acceptors (Lipinski definition) is 4. The Balaban J connectivity index is 1.78. The molecule has 2 aliphatic rings. The molecule has 0 aromatic rings. The SMILES string of the molecule is CC(C)(C)OC(=O)N1CCC[C@@H](CN2CCC(C(N)=O)CC2)C1. The summed E-state index contributed by atoms with van der Waals surface area (Å²) in [4.78, 5) is 27.7. The van der Waals surface area contributed by atoms with Crippen molar-refractivity contribution in [2.45, 2.75) is 52.1 Å². The molecular weight excluding hydrogens is 294 g/mol. The van der Waals surface area contributed by atoms with E-state index in [1.54, 1.807) is 0 Å². The molecule has 0 aliphatic carbocycles. The van der Waals surface area contributed by atoms with Crippen LogP contribution in [0.2, 0.25) is 0 Å². The van der Waals surface area contributed by atoms with Gasteiger partial charge in [-0.15, -0.1) is 0 Å². The van der Waals surface area contributed by atoms with E-state index >= 15 is 0 Å². The second-order valence-electron chi connectivity index (χ2n) is 7.91. The standard InChI is InChI=1S/C17H31N3O3/c1-17(2,3)23-16(22)20-8-4-5-13(12-20)11-19-9-6-14(7-10-19)15(18)21/h13-14H,4-12H2,1-3H3,(H2,18,21)/t13-/m0/s1. The summed E-state index contributed by atoms with van der Waals surface area (Å²) in [6.45, 7) is 10.1. The molecule has 132 valence electrons. The summed E-state index contributed by atoms with van der Waals surface area (Å²) in [5.41, 5.74) is 4.94. The third kappa shape index (κ3) is 5.68. The summed E-state index contributed by atoms with van der Waals surface area (Å²) in [6.07, 6.45) is 3.70. The van der Waals surface area contributed by atoms with E-state index in [1.165, 1.54) is 0 Å². The maximum atomic E-state index is 12.2. The van der Waals surface area contributed by atoms with Crippen LogP contribution in [0.1, 0.15) is 46.5 Å². The molecule has 0 bridgehead atoms. The van der Waals surface area contributed by atoms with Gasteiger partial charge < -0.3 is 20.3 Å². The first-order valence-electron chi connectivity index (χ1n) is 8.74. The average molecular weight is 325 g/mol. The molecule has 6 heteroatoms. The molecule has 2 aliphatic heterocycles. The molecule has 1 atom stereocenters. The average Bonchev–Trinajstić information content (AvgIpc) is 2.46. The van der Waals surface area contributed by atoms with Crippen LogP contribution in [0.5, 0.6) is 0 Å². The fourth-order valence-corrected chi connectivity index (χ4v) is 3.47. The smallest absolute Gasteiger partial charge is 0.410 e. The fourth-order valence-electron chi connectivity index (χ4n) is 3.47. The Labute approximate surface area is 139 Å². The molecule has 2 rings (SSSR count). The van der Waals surface area contributed by atoms with E-state index in [1.807, 2.05) is 25.7 Å². The van der Waals surface area contributed by atoms with Crippen molar-refractivity contribution in [1.29, 1.82) is 0 Å². The minimum Gasteiger partial charge on any atom is -0.444 e. The Morgan fingerprint density at radius 1 is 1.13 bits per heavy atom. The van der Waals surface area contributed by atoms with Crippen molar-refractivity contribution in [2.75, 3.05) is 32.7 Å². The minimum atomic E-state index is -0.444. The first-order chi connectivity index (χ1) is 10.7. The van der Waals surface area contributed by atoms with Crippen molar-refractivity contribution in [3.63, 3.8) is 0 Å². The van der Waals surface area contributed by atoms with Crippen LogP contribution < -0.4 is 5.73 Å². The Bertz CT molecular complexity index is 425. The fraction of sp³-hybridized carbons (Fsp3) is 0.882. The molecule has 2 N–H and O–H groups in total. The van der Waals surface area contributed by atoms with Crippen molar-refractivity contribution in [1.82, 2.24) is 9.80 Å². The van der Waals surface area contributed by atoms with Gasteiger partial charge in [-0.25, -0.2) is 4.79 Å². The van der Waals surface area contributed by atoms with Crippen LogP contribution in [0.15, 0.2) is 0 Å². The van der Waals surface area contributed by atoms with Crippen LogP contribution in [-0.4, -0.2) is 60.1 Å². The Kier molecular flexibility index (Phi) is 5.89. The van der Waals surface area contributed by atoms with Crippen molar-refractivity contribution in [3.05, 3.63) is 0 Å². The van der Waals surface area contributed by atoms with Crippen LogP contribution >= 0.6 is 0 Å². The van der Waals surface area contributed by atoms with Crippen LogP contribution in [0.25, 0.3) is 0 Å². The number of nitrogens with two attached hydrogens (primary N) is 1. The lowest BCUT2D eigenvalue weighted by molar-refractivity contribution is -0.123. The number of amides is 2. The van der Waals surface area contributed by atoms with Crippen molar-refractivity contribution < 1.29 is 14.3 Å². The lowest BCUT2D eigenvalue weighted by Crippen LogP contribution is -2.47. The summed E-state index contributed by atoms with van der Waals surface area (Å²) < 4.78 is 5.48. The first kappa shape index (κ1) is 18.0. The highest BCUT2D eigenvalue weighted by atomic mass is 16.6. The first-order valence-corrected chi connectivity index (χ1v) is 8.74. The molecule has 2 amide bonds. The van der Waals surface area contributed by atoms with Gasteiger partial charge in [0.15, 0.2) is 0 Å². The van der Waals surface area contributed by atoms with E-state index in [2.05, 4.69) is 4.90 Å². The Hall–Kier alpha value is -1.30. The lowest BCUT2D eigenvalue weighted by atomic mass is 9.93. The number of primary amides is 1. The van der Waals surface area contributed by atoms with Crippen LogP contribution in [0.3, 0.4) is 0 Å². The van der Waals surface area contributed by atoms with Crippen LogP contribution in [0.4, 0.5) is 4.79 Å². The minimum absolute atomic E-state index is 0.0378. The molecular formula is C17H31N3O3. The highest BCUT2D eigenvalue weighted by molar-refractivity contribution is 5.76. The third-order valence-electron chi connectivity index (χ3n) is 4.68. The van der Waals surface area contributed by atoms with E-state index in [0.29, 0.717) is 5.92 Å². The molecule has 0 radical (unpaired) electrons. The molecule has 0 aromatic carbocycles. The number of rotatable bonds is 3. The quantitative estimate of drug-likeness (QED) is 0.859. The van der Waals surface area contributed by atoms with E-state index in [-0.39, 0.29) is 17.9 Å². The molecule has 2 fully saturated rings. The summed E-state index contributed by atoms with van der Waals surface area (Å²) in [5, 5.41) is 0. The number of carbonyl (C=O) groups is 2. The number of likely N-dealkylation sites (tertiary alicyclic amines) is 2. The number of hydrogen-bond donors (Lipinski definition) is 1. The van der Waals surface area contributed by atoms with Gasteiger partial charge in [0.2, 0.25) is 5.91 Å². The largest absolute Gasteiger partial charge is 0.444 e. The predicted molar refractivity (Wildman–Crippen MR) is 88.9 cm³/mol.